The van der Waals surface area contributed by atoms with Crippen molar-refractivity contribution in [3.63, 3.8) is 0 Å². The molecule has 2 aliphatic rings. The van der Waals surface area contributed by atoms with E-state index in [0.717, 1.165) is 38.5 Å². The van der Waals surface area contributed by atoms with Crippen molar-refractivity contribution in [2.24, 2.45) is 5.92 Å². The van der Waals surface area contributed by atoms with Gasteiger partial charge < -0.3 is 14.4 Å². The maximum absolute atomic E-state index is 11.7. The van der Waals surface area contributed by atoms with Crippen LogP contribution >= 0.6 is 0 Å². The van der Waals surface area contributed by atoms with Crippen LogP contribution in [-0.4, -0.2) is 42.0 Å². The molecule has 0 spiro atoms. The van der Waals surface area contributed by atoms with Gasteiger partial charge >= 0.3 is 0 Å². The number of nitro groups is 1. The molecule has 2 fully saturated rings. The Balaban J connectivity index is 1.99. The van der Waals surface area contributed by atoms with Crippen molar-refractivity contribution in [2.45, 2.75) is 51.0 Å². The molecule has 1 aliphatic heterocycles. The maximum atomic E-state index is 11.7. The van der Waals surface area contributed by atoms with E-state index in [4.69, 9.17) is 4.74 Å². The molecule has 2 heterocycles. The molecule has 0 radical (unpaired) electrons. The molecular weight excluding hydrogens is 322 g/mol. The van der Waals surface area contributed by atoms with Gasteiger partial charge in [0.15, 0.2) is 0 Å². The van der Waals surface area contributed by atoms with Crippen molar-refractivity contribution < 1.29 is 14.5 Å². The van der Waals surface area contributed by atoms with Gasteiger partial charge in [-0.15, -0.1) is 0 Å². The number of aromatic nitrogens is 1. The van der Waals surface area contributed by atoms with Crippen LogP contribution < -0.4 is 4.90 Å². The number of nitrogens with zero attached hydrogens (tertiary/aromatic N) is 3. The van der Waals surface area contributed by atoms with Crippen LogP contribution in [0.1, 0.15) is 45.2 Å². The van der Waals surface area contributed by atoms with Crippen LogP contribution in [0.25, 0.3) is 0 Å². The highest BCUT2D eigenvalue weighted by atomic mass is 16.6. The molecule has 0 aromatic carbocycles. The number of anilines is 1. The van der Waals surface area contributed by atoms with Gasteiger partial charge in [-0.1, -0.05) is 13.8 Å². The number of hydrogen-bond acceptors (Lipinski definition) is 6. The van der Waals surface area contributed by atoms with Gasteiger partial charge in [0.05, 0.1) is 22.2 Å². The molecule has 7 nitrogen and oxygen atoms in total. The van der Waals surface area contributed by atoms with Gasteiger partial charge in [0.1, 0.15) is 12.0 Å². The van der Waals surface area contributed by atoms with E-state index in [1.54, 1.807) is 6.20 Å². The second kappa shape index (κ2) is 7.07. The van der Waals surface area contributed by atoms with Gasteiger partial charge in [-0.2, -0.15) is 0 Å². The summed E-state index contributed by atoms with van der Waals surface area (Å²) in [5, 5.41) is 11.7. The minimum Gasteiger partial charge on any atom is -0.381 e. The molecule has 25 heavy (non-hydrogen) atoms. The fourth-order valence-corrected chi connectivity index (χ4v) is 3.48. The standard InChI is InChI=1S/C18H25N3O4/c1-13(2)11-20(14-3-7-25-8-4-14)16-10-19-17(9-15(16)21(23)24)18(12-22)5-6-18/h9-10,12-14H,3-8,11H2,1-2H3. The largest absolute Gasteiger partial charge is 0.381 e. The summed E-state index contributed by atoms with van der Waals surface area (Å²) in [4.78, 5) is 29.3. The molecule has 0 bridgehead atoms. The summed E-state index contributed by atoms with van der Waals surface area (Å²) in [7, 11) is 0. The van der Waals surface area contributed by atoms with Crippen molar-refractivity contribution in [1.82, 2.24) is 4.98 Å². The summed E-state index contributed by atoms with van der Waals surface area (Å²) in [5.74, 6) is 0.367. The topological polar surface area (TPSA) is 85.6 Å². The lowest BCUT2D eigenvalue weighted by atomic mass is 10.0. The van der Waals surface area contributed by atoms with Crippen LogP contribution in [0, 0.1) is 16.0 Å². The summed E-state index contributed by atoms with van der Waals surface area (Å²) in [6.07, 6.45) is 5.61. The molecular formula is C18H25N3O4. The zero-order chi connectivity index (χ0) is 18.0. The van der Waals surface area contributed by atoms with Gasteiger partial charge in [-0.3, -0.25) is 15.1 Å². The second-order valence-corrected chi connectivity index (χ2v) is 7.48. The average Bonchev–Trinajstić information content (AvgIpc) is 3.41. The van der Waals surface area contributed by atoms with Crippen LogP contribution in [-0.2, 0) is 14.9 Å². The van der Waals surface area contributed by atoms with E-state index in [9.17, 15) is 14.9 Å². The molecule has 0 N–H and O–H groups in total. The zero-order valence-electron chi connectivity index (χ0n) is 14.8. The Hall–Kier alpha value is -2.02. The van der Waals surface area contributed by atoms with E-state index in [0.29, 0.717) is 30.5 Å². The van der Waals surface area contributed by atoms with Crippen LogP contribution in [0.2, 0.25) is 0 Å². The number of aldehydes is 1. The van der Waals surface area contributed by atoms with Crippen LogP contribution in [0.5, 0.6) is 0 Å². The van der Waals surface area contributed by atoms with Crippen molar-refractivity contribution in [3.8, 4) is 0 Å². The molecule has 1 aromatic heterocycles. The molecule has 1 saturated carbocycles. The number of rotatable bonds is 7. The fourth-order valence-electron chi connectivity index (χ4n) is 3.48. The Morgan fingerprint density at radius 3 is 2.64 bits per heavy atom. The zero-order valence-corrected chi connectivity index (χ0v) is 14.8. The summed E-state index contributed by atoms with van der Waals surface area (Å²) in [6, 6.07) is 1.71. The average molecular weight is 347 g/mol. The van der Waals surface area contributed by atoms with Crippen molar-refractivity contribution in [1.29, 1.82) is 0 Å². The van der Waals surface area contributed by atoms with Crippen molar-refractivity contribution in [3.05, 3.63) is 28.1 Å². The molecule has 1 aromatic rings. The highest BCUT2D eigenvalue weighted by Gasteiger charge is 2.47. The maximum Gasteiger partial charge on any atom is 0.295 e. The lowest BCUT2D eigenvalue weighted by Gasteiger charge is -2.36. The van der Waals surface area contributed by atoms with E-state index in [1.807, 2.05) is 0 Å². The summed E-state index contributed by atoms with van der Waals surface area (Å²) in [5.41, 5.74) is 0.515. The third-order valence-electron chi connectivity index (χ3n) is 5.09. The number of carbonyl (C=O) groups is 1. The number of carbonyl (C=O) groups excluding carboxylic acids is 1. The van der Waals surface area contributed by atoms with Gasteiger partial charge in [-0.25, -0.2) is 0 Å². The Morgan fingerprint density at radius 1 is 1.44 bits per heavy atom. The third kappa shape index (κ3) is 3.66. The molecule has 0 amide bonds. The highest BCUT2D eigenvalue weighted by Crippen LogP contribution is 2.47. The number of hydrogen-bond donors (Lipinski definition) is 0. The molecule has 3 rings (SSSR count). The monoisotopic (exact) mass is 347 g/mol. The quantitative estimate of drug-likeness (QED) is 0.428. The molecule has 136 valence electrons. The van der Waals surface area contributed by atoms with E-state index in [2.05, 4.69) is 23.7 Å². The predicted molar refractivity (Wildman–Crippen MR) is 93.9 cm³/mol. The first-order valence-electron chi connectivity index (χ1n) is 8.92. The van der Waals surface area contributed by atoms with E-state index < -0.39 is 5.41 Å². The van der Waals surface area contributed by atoms with Gasteiger partial charge in [-0.05, 0) is 31.6 Å². The van der Waals surface area contributed by atoms with Crippen LogP contribution in [0.15, 0.2) is 12.3 Å². The normalized spacial score (nSPS) is 19.6. The van der Waals surface area contributed by atoms with E-state index in [-0.39, 0.29) is 16.7 Å². The van der Waals surface area contributed by atoms with Crippen molar-refractivity contribution in [2.75, 3.05) is 24.7 Å². The molecule has 1 saturated heterocycles. The number of ether oxygens (including phenoxy) is 1. The first-order valence-corrected chi connectivity index (χ1v) is 8.92. The van der Waals surface area contributed by atoms with Crippen LogP contribution in [0.3, 0.4) is 0 Å². The lowest BCUT2D eigenvalue weighted by molar-refractivity contribution is -0.384. The summed E-state index contributed by atoms with van der Waals surface area (Å²) >= 11 is 0. The predicted octanol–water partition coefficient (Wildman–Crippen LogP) is 2.86. The molecule has 7 heteroatoms. The van der Waals surface area contributed by atoms with E-state index in [1.165, 1.54) is 6.07 Å². The van der Waals surface area contributed by atoms with Gasteiger partial charge in [0, 0.05) is 31.9 Å². The smallest absolute Gasteiger partial charge is 0.295 e. The lowest BCUT2D eigenvalue weighted by Crippen LogP contribution is -2.42. The minimum atomic E-state index is -0.606. The van der Waals surface area contributed by atoms with Gasteiger partial charge in [0.2, 0.25) is 0 Å². The first kappa shape index (κ1) is 17.8. The van der Waals surface area contributed by atoms with Gasteiger partial charge in [0.25, 0.3) is 5.69 Å². The van der Waals surface area contributed by atoms with Crippen molar-refractivity contribution >= 4 is 17.7 Å². The first-order chi connectivity index (χ1) is 12.0. The Kier molecular flexibility index (Phi) is 5.03. The highest BCUT2D eigenvalue weighted by molar-refractivity contribution is 5.74. The number of pyridine rings is 1. The Bertz CT molecular complexity index is 652. The molecule has 0 atom stereocenters. The Labute approximate surface area is 147 Å². The van der Waals surface area contributed by atoms with Crippen LogP contribution in [0.4, 0.5) is 11.4 Å². The third-order valence-corrected chi connectivity index (χ3v) is 5.09. The molecule has 1 aliphatic carbocycles. The fraction of sp³-hybridized carbons (Fsp3) is 0.667. The SMILES string of the molecule is CC(C)CN(c1cnc(C2(C=O)CC2)cc1[N+](=O)[O-])C1CCOCC1. The summed E-state index contributed by atoms with van der Waals surface area (Å²) < 4.78 is 5.44. The Morgan fingerprint density at radius 2 is 2.12 bits per heavy atom. The molecule has 0 unspecified atom stereocenters. The minimum absolute atomic E-state index is 0.0465. The van der Waals surface area contributed by atoms with E-state index >= 15 is 0 Å². The second-order valence-electron chi connectivity index (χ2n) is 7.48. The summed E-state index contributed by atoms with van der Waals surface area (Å²) in [6.45, 7) is 6.28.